The second-order valence-corrected chi connectivity index (χ2v) is 5.67. The fraction of sp³-hybridized carbons (Fsp3) is 0.375. The maximum absolute atomic E-state index is 12.8. The number of amides is 1. The van der Waals surface area contributed by atoms with Crippen LogP contribution in [0.5, 0.6) is 0 Å². The summed E-state index contributed by atoms with van der Waals surface area (Å²) in [6.07, 6.45) is -1.44. The molecule has 0 spiro atoms. The zero-order chi connectivity index (χ0) is 17.3. The van der Waals surface area contributed by atoms with E-state index in [2.05, 4.69) is 5.10 Å². The van der Waals surface area contributed by atoms with Gasteiger partial charge in [0.05, 0.1) is 23.9 Å². The third kappa shape index (κ3) is 3.14. The minimum Gasteiger partial charge on any atom is -0.394 e. The summed E-state index contributed by atoms with van der Waals surface area (Å²) in [5, 5.41) is 13.4. The van der Waals surface area contributed by atoms with Gasteiger partial charge in [-0.3, -0.25) is 4.79 Å². The van der Waals surface area contributed by atoms with Crippen LogP contribution in [0.15, 0.2) is 36.5 Å². The summed E-state index contributed by atoms with van der Waals surface area (Å²) in [5.74, 6) is -0.322. The zero-order valence-electron chi connectivity index (χ0n) is 12.7. The molecule has 0 radical (unpaired) electrons. The monoisotopic (exact) mass is 339 g/mol. The first-order valence-corrected chi connectivity index (χ1v) is 7.55. The van der Waals surface area contributed by atoms with Crippen molar-refractivity contribution >= 4 is 5.91 Å². The number of likely N-dealkylation sites (tertiary alicyclic amines) is 1. The van der Waals surface area contributed by atoms with E-state index in [9.17, 15) is 23.1 Å². The van der Waals surface area contributed by atoms with Crippen LogP contribution in [0.25, 0.3) is 5.69 Å². The molecule has 3 rings (SSSR count). The van der Waals surface area contributed by atoms with E-state index in [0.29, 0.717) is 6.54 Å². The first-order chi connectivity index (χ1) is 11.4. The van der Waals surface area contributed by atoms with Crippen LogP contribution < -0.4 is 0 Å². The summed E-state index contributed by atoms with van der Waals surface area (Å²) in [5.41, 5.74) is -0.403. The number of halogens is 3. The zero-order valence-corrected chi connectivity index (χ0v) is 12.7. The van der Waals surface area contributed by atoms with Crippen molar-refractivity contribution in [2.24, 2.45) is 0 Å². The summed E-state index contributed by atoms with van der Waals surface area (Å²) in [4.78, 5) is 14.0. The van der Waals surface area contributed by atoms with Crippen molar-refractivity contribution in [3.05, 3.63) is 47.8 Å². The van der Waals surface area contributed by atoms with E-state index in [1.807, 2.05) is 0 Å². The van der Waals surface area contributed by atoms with Gasteiger partial charge in [-0.25, -0.2) is 4.68 Å². The number of hydrogen-bond donors (Lipinski definition) is 1. The molecule has 1 atom stereocenters. The van der Waals surface area contributed by atoms with Crippen molar-refractivity contribution in [1.29, 1.82) is 0 Å². The molecule has 8 heteroatoms. The molecule has 128 valence electrons. The molecule has 0 aliphatic carbocycles. The molecule has 0 unspecified atom stereocenters. The molecular formula is C16H16F3N3O2. The van der Waals surface area contributed by atoms with E-state index >= 15 is 0 Å². The molecule has 1 N–H and O–H groups in total. The number of alkyl halides is 3. The molecular weight excluding hydrogens is 323 g/mol. The number of carbonyl (C=O) groups is 1. The highest BCUT2D eigenvalue weighted by molar-refractivity contribution is 5.92. The Balaban J connectivity index is 1.85. The number of nitrogens with zero attached hydrogens (tertiary/aromatic N) is 3. The standard InChI is InChI=1S/C16H16F3N3O2/c17-16(18,19)11-3-1-4-12(9-11)22-8-6-14(20-22)15(24)21-7-2-5-13(21)10-23/h1,3-4,6,8-9,13,23H,2,5,7,10H2/t13-/m1/s1. The maximum Gasteiger partial charge on any atom is 0.416 e. The van der Waals surface area contributed by atoms with Crippen LogP contribution in [0, 0.1) is 0 Å². The highest BCUT2D eigenvalue weighted by atomic mass is 19.4. The second-order valence-electron chi connectivity index (χ2n) is 5.67. The van der Waals surface area contributed by atoms with E-state index in [1.165, 1.54) is 29.1 Å². The molecule has 0 saturated carbocycles. The summed E-state index contributed by atoms with van der Waals surface area (Å²) >= 11 is 0. The molecule has 2 heterocycles. The molecule has 1 amide bonds. The van der Waals surface area contributed by atoms with Gasteiger partial charge in [-0.05, 0) is 37.1 Å². The van der Waals surface area contributed by atoms with E-state index in [1.54, 1.807) is 4.90 Å². The van der Waals surface area contributed by atoms with Gasteiger partial charge in [-0.15, -0.1) is 0 Å². The maximum atomic E-state index is 12.8. The summed E-state index contributed by atoms with van der Waals surface area (Å²) < 4.78 is 39.6. The molecule has 1 aliphatic heterocycles. The van der Waals surface area contributed by atoms with Gasteiger partial charge in [-0.1, -0.05) is 6.07 Å². The average molecular weight is 339 g/mol. The lowest BCUT2D eigenvalue weighted by Crippen LogP contribution is -2.37. The summed E-state index contributed by atoms with van der Waals surface area (Å²) in [6.45, 7) is 0.431. The number of rotatable bonds is 3. The quantitative estimate of drug-likeness (QED) is 0.935. The Morgan fingerprint density at radius 1 is 1.33 bits per heavy atom. The Kier molecular flexibility index (Phi) is 4.31. The van der Waals surface area contributed by atoms with E-state index in [-0.39, 0.29) is 29.9 Å². The third-order valence-electron chi connectivity index (χ3n) is 4.09. The van der Waals surface area contributed by atoms with Gasteiger partial charge in [0.15, 0.2) is 5.69 Å². The lowest BCUT2D eigenvalue weighted by molar-refractivity contribution is -0.137. The Labute approximate surface area is 136 Å². The van der Waals surface area contributed by atoms with Crippen molar-refractivity contribution in [2.75, 3.05) is 13.2 Å². The lowest BCUT2D eigenvalue weighted by atomic mass is 10.2. The summed E-state index contributed by atoms with van der Waals surface area (Å²) in [6, 6.07) is 5.99. The normalized spacial score (nSPS) is 18.2. The fourth-order valence-electron chi connectivity index (χ4n) is 2.85. The Morgan fingerprint density at radius 2 is 2.12 bits per heavy atom. The predicted octanol–water partition coefficient (Wildman–Crippen LogP) is 2.49. The molecule has 5 nitrogen and oxygen atoms in total. The van der Waals surface area contributed by atoms with E-state index < -0.39 is 11.7 Å². The van der Waals surface area contributed by atoms with Crippen LogP contribution in [0.3, 0.4) is 0 Å². The van der Waals surface area contributed by atoms with Crippen molar-refractivity contribution in [1.82, 2.24) is 14.7 Å². The van der Waals surface area contributed by atoms with E-state index in [0.717, 1.165) is 25.0 Å². The number of aromatic nitrogens is 2. The fourth-order valence-corrected chi connectivity index (χ4v) is 2.85. The highest BCUT2D eigenvalue weighted by Gasteiger charge is 2.31. The Bertz CT molecular complexity index is 742. The van der Waals surface area contributed by atoms with Crippen LogP contribution in [0.1, 0.15) is 28.9 Å². The minimum atomic E-state index is -4.44. The van der Waals surface area contributed by atoms with Gasteiger partial charge < -0.3 is 10.0 Å². The molecule has 1 saturated heterocycles. The number of aliphatic hydroxyl groups excluding tert-OH is 1. The minimum absolute atomic E-state index is 0.111. The topological polar surface area (TPSA) is 58.4 Å². The molecule has 1 aromatic carbocycles. The number of benzene rings is 1. The van der Waals surface area contributed by atoms with Crippen LogP contribution in [0.2, 0.25) is 0 Å². The van der Waals surface area contributed by atoms with Gasteiger partial charge in [0.1, 0.15) is 0 Å². The lowest BCUT2D eigenvalue weighted by Gasteiger charge is -2.21. The molecule has 1 fully saturated rings. The Morgan fingerprint density at radius 3 is 2.83 bits per heavy atom. The van der Waals surface area contributed by atoms with Crippen molar-refractivity contribution in [3.8, 4) is 5.69 Å². The highest BCUT2D eigenvalue weighted by Crippen LogP contribution is 2.30. The number of hydrogen-bond acceptors (Lipinski definition) is 3. The third-order valence-corrected chi connectivity index (χ3v) is 4.09. The SMILES string of the molecule is O=C(c1ccn(-c2cccc(C(F)(F)F)c2)n1)N1CCC[C@@H]1CO. The van der Waals surface area contributed by atoms with Crippen LogP contribution in [0.4, 0.5) is 13.2 Å². The van der Waals surface area contributed by atoms with Gasteiger partial charge in [0.25, 0.3) is 5.91 Å². The van der Waals surface area contributed by atoms with Gasteiger partial charge in [0.2, 0.25) is 0 Å². The molecule has 24 heavy (non-hydrogen) atoms. The predicted molar refractivity (Wildman–Crippen MR) is 79.7 cm³/mol. The molecule has 1 aliphatic rings. The van der Waals surface area contributed by atoms with Crippen molar-refractivity contribution < 1.29 is 23.1 Å². The van der Waals surface area contributed by atoms with Gasteiger partial charge in [-0.2, -0.15) is 18.3 Å². The van der Waals surface area contributed by atoms with Crippen molar-refractivity contribution in [3.63, 3.8) is 0 Å². The summed E-state index contributed by atoms with van der Waals surface area (Å²) in [7, 11) is 0. The smallest absolute Gasteiger partial charge is 0.394 e. The first-order valence-electron chi connectivity index (χ1n) is 7.55. The second kappa shape index (κ2) is 6.27. The van der Waals surface area contributed by atoms with Crippen LogP contribution in [-0.2, 0) is 6.18 Å². The van der Waals surface area contributed by atoms with Gasteiger partial charge in [0, 0.05) is 12.7 Å². The first kappa shape index (κ1) is 16.5. The Hall–Kier alpha value is -2.35. The molecule has 0 bridgehead atoms. The van der Waals surface area contributed by atoms with Crippen LogP contribution >= 0.6 is 0 Å². The largest absolute Gasteiger partial charge is 0.416 e. The number of carbonyl (C=O) groups excluding carboxylic acids is 1. The van der Waals surface area contributed by atoms with Crippen molar-refractivity contribution in [2.45, 2.75) is 25.1 Å². The van der Waals surface area contributed by atoms with Gasteiger partial charge >= 0.3 is 6.18 Å². The average Bonchev–Trinajstić information content (AvgIpc) is 3.22. The molecule has 2 aromatic rings. The van der Waals surface area contributed by atoms with E-state index in [4.69, 9.17) is 0 Å². The van der Waals surface area contributed by atoms with Crippen LogP contribution in [-0.4, -0.2) is 44.9 Å². The number of aliphatic hydroxyl groups is 1. The molecule has 1 aromatic heterocycles.